The monoisotopic (exact) mass is 464 g/mol. The van der Waals surface area contributed by atoms with Gasteiger partial charge in [0.25, 0.3) is 5.69 Å². The van der Waals surface area contributed by atoms with E-state index < -0.39 is 34.3 Å². The maximum atomic E-state index is 12.8. The van der Waals surface area contributed by atoms with Crippen LogP contribution in [0.25, 0.3) is 0 Å². The molecule has 3 N–H and O–H groups in total. The topological polar surface area (TPSA) is 113 Å². The first-order valence-corrected chi connectivity index (χ1v) is 10.4. The van der Waals surface area contributed by atoms with Gasteiger partial charge in [0.05, 0.1) is 10.5 Å². The highest BCUT2D eigenvalue weighted by Crippen LogP contribution is 2.34. The molecule has 0 saturated heterocycles. The fraction of sp³-hybridized carbons (Fsp3) is 0.364. The second-order valence-corrected chi connectivity index (χ2v) is 7.76. The molecular formula is C22H23F3N4O4. The molecule has 1 saturated carbocycles. The van der Waals surface area contributed by atoms with Crippen molar-refractivity contribution < 1.29 is 27.7 Å². The number of carbonyl (C=O) groups excluding carboxylic acids is 2. The van der Waals surface area contributed by atoms with Crippen LogP contribution in [0.5, 0.6) is 0 Å². The van der Waals surface area contributed by atoms with Crippen LogP contribution >= 0.6 is 0 Å². The predicted molar refractivity (Wildman–Crippen MR) is 114 cm³/mol. The highest BCUT2D eigenvalue weighted by Gasteiger charge is 2.33. The van der Waals surface area contributed by atoms with Crippen LogP contribution in [0.2, 0.25) is 0 Å². The molecule has 1 atom stereocenters. The summed E-state index contributed by atoms with van der Waals surface area (Å²) in [5.41, 5.74) is -1.14. The Morgan fingerprint density at radius 3 is 2.42 bits per heavy atom. The molecule has 1 aliphatic carbocycles. The molecule has 33 heavy (non-hydrogen) atoms. The van der Waals surface area contributed by atoms with E-state index in [9.17, 15) is 32.9 Å². The van der Waals surface area contributed by atoms with E-state index in [1.165, 1.54) is 0 Å². The molecule has 0 aromatic heterocycles. The third-order valence-electron chi connectivity index (χ3n) is 5.05. The third-order valence-corrected chi connectivity index (χ3v) is 5.05. The number of amides is 2. The summed E-state index contributed by atoms with van der Waals surface area (Å²) in [5, 5.41) is 19.3. The Labute approximate surface area is 187 Å². The van der Waals surface area contributed by atoms with Crippen LogP contribution in [-0.4, -0.2) is 35.4 Å². The van der Waals surface area contributed by atoms with Crippen molar-refractivity contribution in [1.82, 2.24) is 10.6 Å². The highest BCUT2D eigenvalue weighted by atomic mass is 19.4. The number of rotatable bonds is 10. The second-order valence-electron chi connectivity index (χ2n) is 7.76. The lowest BCUT2D eigenvalue weighted by atomic mass is 10.0. The number of benzene rings is 2. The molecule has 0 heterocycles. The van der Waals surface area contributed by atoms with Gasteiger partial charge in [-0.05, 0) is 30.5 Å². The van der Waals surface area contributed by atoms with E-state index in [2.05, 4.69) is 16.0 Å². The number of nitrogens with zero attached hydrogens (tertiary/aromatic N) is 1. The van der Waals surface area contributed by atoms with Crippen LogP contribution in [0.1, 0.15) is 30.4 Å². The van der Waals surface area contributed by atoms with Gasteiger partial charge in [-0.2, -0.15) is 13.2 Å². The fourth-order valence-corrected chi connectivity index (χ4v) is 3.17. The minimum atomic E-state index is -4.71. The molecule has 0 radical (unpaired) electrons. The summed E-state index contributed by atoms with van der Waals surface area (Å²) < 4.78 is 38.5. The normalized spacial score (nSPS) is 14.3. The Morgan fingerprint density at radius 2 is 1.82 bits per heavy atom. The van der Waals surface area contributed by atoms with Gasteiger partial charge in [0.2, 0.25) is 11.8 Å². The minimum absolute atomic E-state index is 0.0691. The van der Waals surface area contributed by atoms with Gasteiger partial charge in [0.1, 0.15) is 11.7 Å². The molecule has 1 unspecified atom stereocenters. The second kappa shape index (κ2) is 10.3. The minimum Gasteiger partial charge on any atom is -0.379 e. The summed E-state index contributed by atoms with van der Waals surface area (Å²) in [7, 11) is 0. The van der Waals surface area contributed by atoms with E-state index in [1.807, 2.05) is 30.3 Å². The lowest BCUT2D eigenvalue weighted by molar-refractivity contribution is -0.384. The number of carbonyl (C=O) groups is 2. The van der Waals surface area contributed by atoms with Gasteiger partial charge in [0, 0.05) is 31.5 Å². The summed E-state index contributed by atoms with van der Waals surface area (Å²) >= 11 is 0. The van der Waals surface area contributed by atoms with Gasteiger partial charge in [-0.25, -0.2) is 0 Å². The van der Waals surface area contributed by atoms with E-state index in [4.69, 9.17) is 0 Å². The Kier molecular flexibility index (Phi) is 7.52. The molecule has 0 spiro atoms. The van der Waals surface area contributed by atoms with Crippen LogP contribution in [-0.2, 0) is 22.2 Å². The van der Waals surface area contributed by atoms with Crippen LogP contribution in [0.15, 0.2) is 48.5 Å². The molecule has 0 bridgehead atoms. The van der Waals surface area contributed by atoms with Crippen LogP contribution in [0.3, 0.4) is 0 Å². The SMILES string of the molecule is O=C(CCNc1ccc(C(F)(F)F)cc1[N+](=O)[O-])NC(Cc1ccccc1)C(=O)NC1CC1. The molecule has 176 valence electrons. The standard InChI is InChI=1S/C22H23F3N4O4/c23-22(24,25)15-6-9-17(19(13-15)29(32)33)26-11-10-20(30)28-18(21(31)27-16-7-8-16)12-14-4-2-1-3-5-14/h1-6,9,13,16,18,26H,7-8,10-12H2,(H,27,31)(H,28,30). The van der Waals surface area contributed by atoms with Crippen molar-refractivity contribution in [2.45, 2.75) is 43.9 Å². The van der Waals surface area contributed by atoms with Gasteiger partial charge >= 0.3 is 6.18 Å². The van der Waals surface area contributed by atoms with Gasteiger partial charge in [-0.3, -0.25) is 19.7 Å². The lowest BCUT2D eigenvalue weighted by Crippen LogP contribution is -2.48. The summed E-state index contributed by atoms with van der Waals surface area (Å²) in [6.45, 7) is -0.0691. The van der Waals surface area contributed by atoms with Crippen LogP contribution < -0.4 is 16.0 Å². The summed E-state index contributed by atoms with van der Waals surface area (Å²) in [6, 6.07) is 10.6. The number of nitro groups is 1. The Morgan fingerprint density at radius 1 is 1.12 bits per heavy atom. The van der Waals surface area contributed by atoms with E-state index in [0.717, 1.165) is 30.5 Å². The molecule has 11 heteroatoms. The van der Waals surface area contributed by atoms with E-state index >= 15 is 0 Å². The van der Waals surface area contributed by atoms with Crippen molar-refractivity contribution in [2.75, 3.05) is 11.9 Å². The summed E-state index contributed by atoms with van der Waals surface area (Å²) in [5.74, 6) is -0.759. The van der Waals surface area contributed by atoms with Crippen LogP contribution in [0, 0.1) is 10.1 Å². The number of hydrogen-bond donors (Lipinski definition) is 3. The molecule has 8 nitrogen and oxygen atoms in total. The van der Waals surface area contributed by atoms with Crippen molar-refractivity contribution >= 4 is 23.2 Å². The first-order chi connectivity index (χ1) is 15.6. The Bertz CT molecular complexity index is 1010. The Balaban J connectivity index is 1.59. The predicted octanol–water partition coefficient (Wildman–Crippen LogP) is 3.42. The zero-order valence-electron chi connectivity index (χ0n) is 17.5. The zero-order chi connectivity index (χ0) is 24.0. The van der Waals surface area contributed by atoms with E-state index in [-0.39, 0.29) is 30.6 Å². The zero-order valence-corrected chi connectivity index (χ0v) is 17.5. The first kappa shape index (κ1) is 24.0. The maximum absolute atomic E-state index is 12.8. The van der Waals surface area contributed by atoms with E-state index in [1.54, 1.807) is 0 Å². The number of anilines is 1. The van der Waals surface area contributed by atoms with Crippen molar-refractivity contribution in [1.29, 1.82) is 0 Å². The number of alkyl halides is 3. The lowest BCUT2D eigenvalue weighted by Gasteiger charge is -2.19. The molecule has 2 aromatic carbocycles. The molecule has 3 rings (SSSR count). The molecule has 1 fully saturated rings. The Hall–Kier alpha value is -3.63. The average Bonchev–Trinajstić information content (AvgIpc) is 3.57. The van der Waals surface area contributed by atoms with Crippen molar-refractivity contribution in [3.8, 4) is 0 Å². The third kappa shape index (κ3) is 7.19. The molecule has 2 aromatic rings. The van der Waals surface area contributed by atoms with Gasteiger partial charge in [-0.15, -0.1) is 0 Å². The van der Waals surface area contributed by atoms with Crippen molar-refractivity contribution in [3.63, 3.8) is 0 Å². The fourth-order valence-electron chi connectivity index (χ4n) is 3.17. The molecule has 1 aliphatic rings. The van der Waals surface area contributed by atoms with Crippen molar-refractivity contribution in [3.05, 3.63) is 69.8 Å². The van der Waals surface area contributed by atoms with Gasteiger partial charge < -0.3 is 16.0 Å². The maximum Gasteiger partial charge on any atom is 0.416 e. The number of hydrogen-bond acceptors (Lipinski definition) is 5. The van der Waals surface area contributed by atoms with Gasteiger partial charge in [0.15, 0.2) is 0 Å². The summed E-state index contributed by atoms with van der Waals surface area (Å²) in [6.07, 6.45) is -2.76. The largest absolute Gasteiger partial charge is 0.416 e. The first-order valence-electron chi connectivity index (χ1n) is 10.4. The van der Waals surface area contributed by atoms with Crippen molar-refractivity contribution in [2.24, 2.45) is 0 Å². The van der Waals surface area contributed by atoms with E-state index in [0.29, 0.717) is 12.5 Å². The molecular weight excluding hydrogens is 441 g/mol. The van der Waals surface area contributed by atoms with Gasteiger partial charge in [-0.1, -0.05) is 30.3 Å². The summed E-state index contributed by atoms with van der Waals surface area (Å²) in [4.78, 5) is 35.2. The highest BCUT2D eigenvalue weighted by molar-refractivity contribution is 5.88. The van der Waals surface area contributed by atoms with Crippen LogP contribution in [0.4, 0.5) is 24.5 Å². The molecule has 2 amide bonds. The number of halogens is 3. The number of nitrogens with one attached hydrogen (secondary N) is 3. The molecule has 0 aliphatic heterocycles. The smallest absolute Gasteiger partial charge is 0.379 e. The average molecular weight is 464 g/mol. The number of nitro benzene ring substituents is 1. The quantitative estimate of drug-likeness (QED) is 0.368.